The number of fused-ring (bicyclic) bond motifs is 1. The molecular weight excluding hydrogens is 253 g/mol. The molecule has 2 aromatic carbocycles. The van der Waals surface area contributed by atoms with Gasteiger partial charge in [0.25, 0.3) is 0 Å². The molecule has 1 N–H and O–H groups in total. The minimum absolute atomic E-state index is 0.575. The molecule has 0 aliphatic rings. The SMILES string of the molecule is Clc1ccc2[nH]c(-c3cc[c]cc3)cc2c1Cl. The summed E-state index contributed by atoms with van der Waals surface area (Å²) in [6.45, 7) is 0. The fourth-order valence-corrected chi connectivity index (χ4v) is 2.25. The normalized spacial score (nSPS) is 10.9. The minimum atomic E-state index is 0.575. The van der Waals surface area contributed by atoms with Gasteiger partial charge in [0.15, 0.2) is 0 Å². The zero-order chi connectivity index (χ0) is 11.8. The summed E-state index contributed by atoms with van der Waals surface area (Å²) >= 11 is 12.2. The summed E-state index contributed by atoms with van der Waals surface area (Å²) in [5.41, 5.74) is 3.12. The molecule has 0 saturated heterocycles. The van der Waals surface area contributed by atoms with Crippen LogP contribution in [0, 0.1) is 6.07 Å². The quantitative estimate of drug-likeness (QED) is 0.638. The summed E-state index contributed by atoms with van der Waals surface area (Å²) in [6.07, 6.45) is 0. The largest absolute Gasteiger partial charge is 0.354 e. The molecule has 1 radical (unpaired) electrons. The van der Waals surface area contributed by atoms with Gasteiger partial charge in [0.2, 0.25) is 0 Å². The van der Waals surface area contributed by atoms with Crippen LogP contribution < -0.4 is 0 Å². The molecular formula is C14H8Cl2N. The van der Waals surface area contributed by atoms with Crippen molar-refractivity contribution in [1.29, 1.82) is 0 Å². The lowest BCUT2D eigenvalue weighted by molar-refractivity contribution is 1.45. The molecule has 0 aliphatic carbocycles. The van der Waals surface area contributed by atoms with Gasteiger partial charge in [-0.05, 0) is 29.8 Å². The van der Waals surface area contributed by atoms with Gasteiger partial charge in [-0.3, -0.25) is 0 Å². The van der Waals surface area contributed by atoms with E-state index in [9.17, 15) is 0 Å². The van der Waals surface area contributed by atoms with E-state index in [2.05, 4.69) is 11.1 Å². The summed E-state index contributed by atoms with van der Waals surface area (Å²) in [5, 5.41) is 2.11. The smallest absolute Gasteiger partial charge is 0.0686 e. The third-order valence-corrected chi connectivity index (χ3v) is 3.54. The van der Waals surface area contributed by atoms with E-state index in [1.54, 1.807) is 6.07 Å². The van der Waals surface area contributed by atoms with Gasteiger partial charge in [0, 0.05) is 16.6 Å². The van der Waals surface area contributed by atoms with Crippen LogP contribution in [0.25, 0.3) is 22.2 Å². The molecule has 1 aromatic heterocycles. The van der Waals surface area contributed by atoms with Crippen molar-refractivity contribution < 1.29 is 0 Å². The lowest BCUT2D eigenvalue weighted by Crippen LogP contribution is -1.74. The Balaban J connectivity index is 2.24. The second-order valence-corrected chi connectivity index (χ2v) is 4.58. The van der Waals surface area contributed by atoms with Crippen LogP contribution in [0.3, 0.4) is 0 Å². The van der Waals surface area contributed by atoms with Crippen LogP contribution in [0.1, 0.15) is 0 Å². The second-order valence-electron chi connectivity index (χ2n) is 3.79. The number of rotatable bonds is 1. The number of hydrogen-bond donors (Lipinski definition) is 1. The van der Waals surface area contributed by atoms with Crippen molar-refractivity contribution in [2.24, 2.45) is 0 Å². The van der Waals surface area contributed by atoms with Gasteiger partial charge in [-0.25, -0.2) is 0 Å². The zero-order valence-electron chi connectivity index (χ0n) is 8.80. The first-order valence-corrected chi connectivity index (χ1v) is 5.94. The van der Waals surface area contributed by atoms with Gasteiger partial charge in [-0.15, -0.1) is 0 Å². The van der Waals surface area contributed by atoms with Gasteiger partial charge >= 0.3 is 0 Å². The second kappa shape index (κ2) is 4.10. The topological polar surface area (TPSA) is 15.8 Å². The molecule has 83 valence electrons. The first-order chi connectivity index (χ1) is 8.25. The van der Waals surface area contributed by atoms with Gasteiger partial charge in [-0.2, -0.15) is 0 Å². The fraction of sp³-hybridized carbons (Fsp3) is 0. The lowest BCUT2D eigenvalue weighted by Gasteiger charge is -1.95. The third-order valence-electron chi connectivity index (χ3n) is 2.72. The maximum Gasteiger partial charge on any atom is 0.0686 e. The molecule has 3 heteroatoms. The predicted octanol–water partition coefficient (Wildman–Crippen LogP) is 4.94. The van der Waals surface area contributed by atoms with Crippen molar-refractivity contribution >= 4 is 34.1 Å². The maximum atomic E-state index is 6.17. The Hall–Kier alpha value is -1.44. The molecule has 3 rings (SSSR count). The average Bonchev–Trinajstić information content (AvgIpc) is 2.80. The molecule has 0 amide bonds. The maximum absolute atomic E-state index is 6.17. The Bertz CT molecular complexity index is 671. The highest BCUT2D eigenvalue weighted by Gasteiger charge is 2.08. The van der Waals surface area contributed by atoms with E-state index in [4.69, 9.17) is 23.2 Å². The van der Waals surface area contributed by atoms with E-state index in [-0.39, 0.29) is 0 Å². The third kappa shape index (κ3) is 1.82. The van der Waals surface area contributed by atoms with E-state index >= 15 is 0 Å². The minimum Gasteiger partial charge on any atom is -0.354 e. The molecule has 17 heavy (non-hydrogen) atoms. The first-order valence-electron chi connectivity index (χ1n) is 5.19. The van der Waals surface area contributed by atoms with Crippen LogP contribution in [0.4, 0.5) is 0 Å². The number of H-pyrrole nitrogens is 1. The Labute approximate surface area is 109 Å². The average molecular weight is 261 g/mol. The lowest BCUT2D eigenvalue weighted by atomic mass is 10.1. The Kier molecular flexibility index (Phi) is 2.58. The highest BCUT2D eigenvalue weighted by molar-refractivity contribution is 6.45. The predicted molar refractivity (Wildman–Crippen MR) is 72.6 cm³/mol. The number of aromatic amines is 1. The van der Waals surface area contributed by atoms with E-state index < -0.39 is 0 Å². The van der Waals surface area contributed by atoms with Gasteiger partial charge in [-0.1, -0.05) is 47.5 Å². The number of halogens is 2. The molecule has 0 unspecified atom stereocenters. The van der Waals surface area contributed by atoms with Gasteiger partial charge < -0.3 is 4.98 Å². The summed E-state index contributed by atoms with van der Waals surface area (Å²) in [6, 6.07) is 16.5. The van der Waals surface area contributed by atoms with E-state index in [1.165, 1.54) is 0 Å². The highest BCUT2D eigenvalue weighted by Crippen LogP contribution is 2.33. The molecule has 0 aliphatic heterocycles. The highest BCUT2D eigenvalue weighted by atomic mass is 35.5. The van der Waals surface area contributed by atoms with Crippen molar-refractivity contribution in [3.8, 4) is 11.3 Å². The van der Waals surface area contributed by atoms with Crippen molar-refractivity contribution in [3.05, 3.63) is 58.6 Å². The molecule has 0 fully saturated rings. The van der Waals surface area contributed by atoms with E-state index in [1.807, 2.05) is 36.4 Å². The molecule has 0 atom stereocenters. The molecule has 1 heterocycles. The van der Waals surface area contributed by atoms with Gasteiger partial charge in [0.05, 0.1) is 10.0 Å². The van der Waals surface area contributed by atoms with E-state index in [0.29, 0.717) is 10.0 Å². The van der Waals surface area contributed by atoms with Crippen LogP contribution in [0.2, 0.25) is 10.0 Å². The summed E-state index contributed by atoms with van der Waals surface area (Å²) in [5.74, 6) is 0. The standard InChI is InChI=1S/C14H8Cl2N/c15-11-6-7-12-10(14(11)16)8-13(17-12)9-4-2-1-3-5-9/h2-8,17H. The fourth-order valence-electron chi connectivity index (χ4n) is 1.86. The van der Waals surface area contributed by atoms with Crippen LogP contribution in [0.5, 0.6) is 0 Å². The summed E-state index contributed by atoms with van der Waals surface area (Å²) < 4.78 is 0. The van der Waals surface area contributed by atoms with Crippen LogP contribution >= 0.6 is 23.2 Å². The Morgan fingerprint density at radius 1 is 1.00 bits per heavy atom. The number of aromatic nitrogens is 1. The number of nitrogens with one attached hydrogen (secondary N) is 1. The zero-order valence-corrected chi connectivity index (χ0v) is 10.3. The van der Waals surface area contributed by atoms with Crippen LogP contribution in [-0.4, -0.2) is 4.98 Å². The Morgan fingerprint density at radius 2 is 1.76 bits per heavy atom. The molecule has 0 saturated carbocycles. The van der Waals surface area contributed by atoms with Crippen LogP contribution in [-0.2, 0) is 0 Å². The molecule has 1 nitrogen and oxygen atoms in total. The first kappa shape index (κ1) is 10.7. The number of hydrogen-bond acceptors (Lipinski definition) is 0. The van der Waals surface area contributed by atoms with Crippen molar-refractivity contribution in [2.45, 2.75) is 0 Å². The monoisotopic (exact) mass is 260 g/mol. The summed E-state index contributed by atoms with van der Waals surface area (Å²) in [4.78, 5) is 3.32. The van der Waals surface area contributed by atoms with Crippen molar-refractivity contribution in [1.82, 2.24) is 4.98 Å². The summed E-state index contributed by atoms with van der Waals surface area (Å²) in [7, 11) is 0. The van der Waals surface area contributed by atoms with E-state index in [0.717, 1.165) is 22.2 Å². The van der Waals surface area contributed by atoms with Crippen LogP contribution in [0.15, 0.2) is 42.5 Å². The Morgan fingerprint density at radius 3 is 2.53 bits per heavy atom. The van der Waals surface area contributed by atoms with Crippen molar-refractivity contribution in [3.63, 3.8) is 0 Å². The number of benzene rings is 2. The van der Waals surface area contributed by atoms with Gasteiger partial charge in [0.1, 0.15) is 0 Å². The molecule has 0 spiro atoms. The molecule has 3 aromatic rings. The molecule has 0 bridgehead atoms. The van der Waals surface area contributed by atoms with Crippen molar-refractivity contribution in [2.75, 3.05) is 0 Å².